The van der Waals surface area contributed by atoms with Gasteiger partial charge in [-0.15, -0.1) is 0 Å². The van der Waals surface area contributed by atoms with Crippen LogP contribution in [0.2, 0.25) is 5.02 Å². The zero-order valence-electron chi connectivity index (χ0n) is 10.6. The molecule has 0 atom stereocenters. The molecule has 2 aromatic heterocycles. The van der Waals surface area contributed by atoms with E-state index in [-0.39, 0.29) is 5.56 Å². The maximum absolute atomic E-state index is 11.6. The predicted molar refractivity (Wildman–Crippen MR) is 78.7 cm³/mol. The standard InChI is InChI=1S/C15H12ClN3O/c16-10-3-1-2-4-12(10)19-14(9-5-6-9)17-11-7-8-13(20)18-15(11)19/h1-4,7-9H,5-6H2,(H,18,20). The quantitative estimate of drug-likeness (QED) is 0.786. The Bertz CT molecular complexity index is 861. The van der Waals surface area contributed by atoms with Gasteiger partial charge in [0.2, 0.25) is 5.56 Å². The molecule has 5 heteroatoms. The molecule has 0 bridgehead atoms. The van der Waals surface area contributed by atoms with Crippen LogP contribution in [0.15, 0.2) is 41.2 Å². The molecule has 4 nitrogen and oxygen atoms in total. The lowest BCUT2D eigenvalue weighted by molar-refractivity contribution is 0.889. The first-order chi connectivity index (χ1) is 9.74. The van der Waals surface area contributed by atoms with Gasteiger partial charge in [-0.05, 0) is 31.0 Å². The van der Waals surface area contributed by atoms with E-state index in [0.29, 0.717) is 16.6 Å². The molecule has 3 aromatic rings. The molecule has 1 N–H and O–H groups in total. The minimum absolute atomic E-state index is 0.131. The van der Waals surface area contributed by atoms with Crippen LogP contribution in [0.1, 0.15) is 24.6 Å². The Balaban J connectivity index is 2.10. The van der Waals surface area contributed by atoms with Crippen molar-refractivity contribution in [3.05, 3.63) is 57.6 Å². The summed E-state index contributed by atoms with van der Waals surface area (Å²) in [5.74, 6) is 1.44. The monoisotopic (exact) mass is 285 g/mol. The Morgan fingerprint density at radius 1 is 1.20 bits per heavy atom. The third kappa shape index (κ3) is 1.76. The van der Waals surface area contributed by atoms with Gasteiger partial charge in [0.15, 0.2) is 0 Å². The number of fused-ring (bicyclic) bond motifs is 1. The second-order valence-corrected chi connectivity index (χ2v) is 5.49. The van der Waals surface area contributed by atoms with Crippen molar-refractivity contribution in [3.63, 3.8) is 0 Å². The first kappa shape index (κ1) is 11.7. The van der Waals surface area contributed by atoms with Crippen molar-refractivity contribution >= 4 is 22.8 Å². The van der Waals surface area contributed by atoms with Crippen LogP contribution in [-0.2, 0) is 0 Å². The number of para-hydroxylation sites is 1. The summed E-state index contributed by atoms with van der Waals surface area (Å²) in [5, 5.41) is 0.651. The molecule has 1 aliphatic carbocycles. The molecular formula is C15H12ClN3O. The number of pyridine rings is 1. The third-order valence-corrected chi connectivity index (χ3v) is 3.92. The first-order valence-corrected chi connectivity index (χ1v) is 6.98. The summed E-state index contributed by atoms with van der Waals surface area (Å²) in [6.07, 6.45) is 2.27. The van der Waals surface area contributed by atoms with Crippen LogP contribution in [0.4, 0.5) is 0 Å². The Hall–Kier alpha value is -2.07. The van der Waals surface area contributed by atoms with Gasteiger partial charge in [-0.2, -0.15) is 0 Å². The second kappa shape index (κ2) is 4.21. The van der Waals surface area contributed by atoms with Crippen LogP contribution in [0.5, 0.6) is 0 Å². The molecule has 0 radical (unpaired) electrons. The van der Waals surface area contributed by atoms with E-state index >= 15 is 0 Å². The average molecular weight is 286 g/mol. The van der Waals surface area contributed by atoms with Crippen molar-refractivity contribution in [2.24, 2.45) is 0 Å². The molecule has 0 saturated heterocycles. The van der Waals surface area contributed by atoms with Crippen molar-refractivity contribution in [1.29, 1.82) is 0 Å². The van der Waals surface area contributed by atoms with Gasteiger partial charge in [-0.25, -0.2) is 4.98 Å². The van der Waals surface area contributed by atoms with E-state index in [4.69, 9.17) is 11.6 Å². The largest absolute Gasteiger partial charge is 0.306 e. The zero-order valence-corrected chi connectivity index (χ0v) is 11.4. The highest BCUT2D eigenvalue weighted by atomic mass is 35.5. The van der Waals surface area contributed by atoms with Crippen LogP contribution >= 0.6 is 11.6 Å². The fourth-order valence-electron chi connectivity index (χ4n) is 2.50. The highest BCUT2D eigenvalue weighted by Crippen LogP contribution is 2.42. The molecule has 2 heterocycles. The maximum Gasteiger partial charge on any atom is 0.249 e. The van der Waals surface area contributed by atoms with Crippen molar-refractivity contribution in [3.8, 4) is 5.69 Å². The molecule has 0 aliphatic heterocycles. The molecule has 0 unspecified atom stereocenters. The number of nitrogens with zero attached hydrogens (tertiary/aromatic N) is 2. The summed E-state index contributed by atoms with van der Waals surface area (Å²) in [6.45, 7) is 0. The van der Waals surface area contributed by atoms with E-state index in [1.165, 1.54) is 6.07 Å². The number of aromatic amines is 1. The lowest BCUT2D eigenvalue weighted by Gasteiger charge is -2.10. The van der Waals surface area contributed by atoms with E-state index < -0.39 is 0 Å². The first-order valence-electron chi connectivity index (χ1n) is 6.60. The number of nitrogens with one attached hydrogen (secondary N) is 1. The molecule has 4 rings (SSSR count). The summed E-state index contributed by atoms with van der Waals surface area (Å²) >= 11 is 6.31. The van der Waals surface area contributed by atoms with Crippen LogP contribution < -0.4 is 5.56 Å². The number of rotatable bonds is 2. The Kier molecular flexibility index (Phi) is 2.47. The van der Waals surface area contributed by atoms with Crippen LogP contribution in [0.25, 0.3) is 16.9 Å². The molecule has 0 amide bonds. The lowest BCUT2D eigenvalue weighted by atomic mass is 10.3. The fourth-order valence-corrected chi connectivity index (χ4v) is 2.72. The second-order valence-electron chi connectivity index (χ2n) is 5.09. The topological polar surface area (TPSA) is 50.7 Å². The number of benzene rings is 1. The Morgan fingerprint density at radius 3 is 2.75 bits per heavy atom. The summed E-state index contributed by atoms with van der Waals surface area (Å²) in [6, 6.07) is 10.9. The summed E-state index contributed by atoms with van der Waals surface area (Å²) in [4.78, 5) is 19.2. The minimum Gasteiger partial charge on any atom is -0.306 e. The highest BCUT2D eigenvalue weighted by Gasteiger charge is 2.30. The van der Waals surface area contributed by atoms with Gasteiger partial charge in [0.1, 0.15) is 17.0 Å². The van der Waals surface area contributed by atoms with E-state index in [2.05, 4.69) is 9.97 Å². The lowest BCUT2D eigenvalue weighted by Crippen LogP contribution is -2.07. The van der Waals surface area contributed by atoms with Crippen LogP contribution in [0.3, 0.4) is 0 Å². The zero-order chi connectivity index (χ0) is 13.7. The van der Waals surface area contributed by atoms with Gasteiger partial charge in [-0.1, -0.05) is 23.7 Å². The van der Waals surface area contributed by atoms with Crippen molar-refractivity contribution in [1.82, 2.24) is 14.5 Å². The minimum atomic E-state index is -0.131. The van der Waals surface area contributed by atoms with E-state index in [9.17, 15) is 4.79 Å². The van der Waals surface area contributed by atoms with Crippen LogP contribution in [-0.4, -0.2) is 14.5 Å². The molecule has 20 heavy (non-hydrogen) atoms. The van der Waals surface area contributed by atoms with Crippen LogP contribution in [0, 0.1) is 0 Å². The highest BCUT2D eigenvalue weighted by molar-refractivity contribution is 6.32. The maximum atomic E-state index is 11.6. The van der Waals surface area contributed by atoms with E-state index in [1.54, 1.807) is 6.07 Å². The number of hydrogen-bond acceptors (Lipinski definition) is 2. The molecule has 1 fully saturated rings. The number of imidazole rings is 1. The summed E-state index contributed by atoms with van der Waals surface area (Å²) < 4.78 is 1.98. The van der Waals surface area contributed by atoms with Crippen molar-refractivity contribution < 1.29 is 0 Å². The van der Waals surface area contributed by atoms with Gasteiger partial charge in [0, 0.05) is 12.0 Å². The smallest absolute Gasteiger partial charge is 0.249 e. The summed E-state index contributed by atoms with van der Waals surface area (Å²) in [7, 11) is 0. The van der Waals surface area contributed by atoms with Gasteiger partial charge in [-0.3, -0.25) is 9.36 Å². The number of halogens is 1. The average Bonchev–Trinajstić information content (AvgIpc) is 3.22. The van der Waals surface area contributed by atoms with Gasteiger partial charge in [0.25, 0.3) is 0 Å². The molecular weight excluding hydrogens is 274 g/mol. The molecule has 1 saturated carbocycles. The normalized spacial score (nSPS) is 14.8. The van der Waals surface area contributed by atoms with Crippen molar-refractivity contribution in [2.75, 3.05) is 0 Å². The van der Waals surface area contributed by atoms with Gasteiger partial charge < -0.3 is 4.98 Å². The predicted octanol–water partition coefficient (Wildman–Crippen LogP) is 3.24. The van der Waals surface area contributed by atoms with E-state index in [0.717, 1.165) is 29.9 Å². The van der Waals surface area contributed by atoms with Gasteiger partial charge >= 0.3 is 0 Å². The van der Waals surface area contributed by atoms with E-state index in [1.807, 2.05) is 28.8 Å². The number of aromatic nitrogens is 3. The third-order valence-electron chi connectivity index (χ3n) is 3.60. The fraction of sp³-hybridized carbons (Fsp3) is 0.200. The molecule has 100 valence electrons. The number of H-pyrrole nitrogens is 1. The Labute approximate surface area is 120 Å². The molecule has 1 aromatic carbocycles. The van der Waals surface area contributed by atoms with Crippen molar-refractivity contribution in [2.45, 2.75) is 18.8 Å². The van der Waals surface area contributed by atoms with Gasteiger partial charge in [0.05, 0.1) is 10.7 Å². The number of hydrogen-bond donors (Lipinski definition) is 1. The summed E-state index contributed by atoms with van der Waals surface area (Å²) in [5.41, 5.74) is 2.24. The molecule has 1 aliphatic rings. The molecule has 0 spiro atoms. The SMILES string of the molecule is O=c1ccc2nc(C3CC3)n(-c3ccccc3Cl)c2[nH]1. The Morgan fingerprint density at radius 2 is 2.00 bits per heavy atom.